The number of carbonyl (C=O) groups excluding carboxylic acids is 2. The quantitative estimate of drug-likeness (QED) is 0.863. The minimum Gasteiger partial charge on any atom is -0.459 e. The Kier molecular flexibility index (Phi) is 6.29. The van der Waals surface area contributed by atoms with E-state index in [1.54, 1.807) is 12.1 Å². The average Bonchev–Trinajstić information content (AvgIpc) is 3.11. The van der Waals surface area contributed by atoms with Crippen molar-refractivity contribution in [1.82, 2.24) is 15.5 Å². The molecule has 2 saturated heterocycles. The van der Waals surface area contributed by atoms with E-state index in [0.29, 0.717) is 6.04 Å². The van der Waals surface area contributed by atoms with Gasteiger partial charge in [-0.1, -0.05) is 13.8 Å². The summed E-state index contributed by atoms with van der Waals surface area (Å²) in [4.78, 5) is 27.4. The third-order valence-electron chi connectivity index (χ3n) is 4.87. The first-order valence-corrected chi connectivity index (χ1v) is 8.45. The van der Waals surface area contributed by atoms with Crippen LogP contribution in [0, 0.1) is 5.92 Å². The first-order valence-electron chi connectivity index (χ1n) is 8.45. The van der Waals surface area contributed by atoms with Crippen molar-refractivity contribution < 1.29 is 14.0 Å². The van der Waals surface area contributed by atoms with Crippen molar-refractivity contribution in [3.05, 3.63) is 24.2 Å². The molecule has 0 aliphatic carbocycles. The molecule has 2 aliphatic rings. The van der Waals surface area contributed by atoms with Crippen molar-refractivity contribution in [2.75, 3.05) is 13.1 Å². The normalized spacial score (nSPS) is 24.2. The lowest BCUT2D eigenvalue weighted by Gasteiger charge is -2.33. The van der Waals surface area contributed by atoms with Gasteiger partial charge in [0.1, 0.15) is 6.04 Å². The number of nitrogens with one attached hydrogen (secondary N) is 2. The summed E-state index contributed by atoms with van der Waals surface area (Å²) in [5.74, 6) is -0.0283. The molecule has 0 saturated carbocycles. The Morgan fingerprint density at radius 2 is 2.04 bits per heavy atom. The van der Waals surface area contributed by atoms with Crippen molar-refractivity contribution in [2.24, 2.45) is 5.92 Å². The summed E-state index contributed by atoms with van der Waals surface area (Å²) in [6.07, 6.45) is 4.55. The van der Waals surface area contributed by atoms with Crippen molar-refractivity contribution in [2.45, 2.75) is 51.2 Å². The number of amides is 2. The zero-order valence-corrected chi connectivity index (χ0v) is 15.0. The van der Waals surface area contributed by atoms with Gasteiger partial charge in [-0.05, 0) is 43.9 Å². The molecule has 3 atom stereocenters. The number of hydrogen-bond donors (Lipinski definition) is 2. The number of rotatable bonds is 4. The molecule has 3 unspecified atom stereocenters. The van der Waals surface area contributed by atoms with Gasteiger partial charge in [-0.3, -0.25) is 9.59 Å². The van der Waals surface area contributed by atoms with Crippen molar-refractivity contribution in [1.29, 1.82) is 0 Å². The third kappa shape index (κ3) is 3.75. The van der Waals surface area contributed by atoms with Crippen LogP contribution < -0.4 is 10.6 Å². The standard InChI is InChI=1S/C17H25N3O3.ClH/c1-11(2)15(19-16(21)14-4-3-9-23-14)17(22)20-12-5-6-13(20)10-18-8-7-12;/h3-4,9,11-13,15,18H,5-8,10H2,1-2H3,(H,19,21);1H. The van der Waals surface area contributed by atoms with E-state index in [0.717, 1.165) is 32.4 Å². The summed E-state index contributed by atoms with van der Waals surface area (Å²) < 4.78 is 5.13. The SMILES string of the molecule is CC(C)C(NC(=O)c1ccco1)C(=O)N1C2CCNCC1CC2.Cl. The van der Waals surface area contributed by atoms with E-state index in [-0.39, 0.29) is 41.9 Å². The Morgan fingerprint density at radius 3 is 2.71 bits per heavy atom. The molecule has 3 heterocycles. The summed E-state index contributed by atoms with van der Waals surface area (Å²) in [7, 11) is 0. The first-order chi connectivity index (χ1) is 11.1. The lowest BCUT2D eigenvalue weighted by molar-refractivity contribution is -0.137. The molecule has 134 valence electrons. The summed E-state index contributed by atoms with van der Waals surface area (Å²) in [5.41, 5.74) is 0. The fourth-order valence-electron chi connectivity index (χ4n) is 3.64. The highest BCUT2D eigenvalue weighted by Gasteiger charge is 2.41. The van der Waals surface area contributed by atoms with Crippen LogP contribution >= 0.6 is 12.4 Å². The van der Waals surface area contributed by atoms with Crippen LogP contribution in [0.15, 0.2) is 22.8 Å². The largest absolute Gasteiger partial charge is 0.459 e. The van der Waals surface area contributed by atoms with Gasteiger partial charge >= 0.3 is 0 Å². The van der Waals surface area contributed by atoms with Gasteiger partial charge < -0.3 is 20.0 Å². The van der Waals surface area contributed by atoms with E-state index >= 15 is 0 Å². The van der Waals surface area contributed by atoms with Crippen LogP contribution in [0.2, 0.25) is 0 Å². The van der Waals surface area contributed by atoms with Gasteiger partial charge in [0.15, 0.2) is 5.76 Å². The molecule has 2 aliphatic heterocycles. The van der Waals surface area contributed by atoms with Gasteiger partial charge in [0.25, 0.3) is 5.91 Å². The molecule has 0 spiro atoms. The summed E-state index contributed by atoms with van der Waals surface area (Å²) in [6, 6.07) is 3.30. The third-order valence-corrected chi connectivity index (χ3v) is 4.87. The minimum atomic E-state index is -0.520. The Hall–Kier alpha value is -1.53. The first kappa shape index (κ1) is 18.8. The predicted molar refractivity (Wildman–Crippen MR) is 93.2 cm³/mol. The molecule has 1 aromatic heterocycles. The van der Waals surface area contributed by atoms with E-state index in [1.807, 2.05) is 18.7 Å². The van der Waals surface area contributed by atoms with E-state index in [1.165, 1.54) is 6.26 Å². The van der Waals surface area contributed by atoms with Gasteiger partial charge in [0.2, 0.25) is 5.91 Å². The van der Waals surface area contributed by atoms with Crippen LogP contribution in [0.3, 0.4) is 0 Å². The molecule has 2 fully saturated rings. The van der Waals surface area contributed by atoms with Crippen molar-refractivity contribution in [3.8, 4) is 0 Å². The van der Waals surface area contributed by atoms with Crippen LogP contribution in [0.5, 0.6) is 0 Å². The number of furan rings is 1. The smallest absolute Gasteiger partial charge is 0.287 e. The zero-order chi connectivity index (χ0) is 16.4. The Balaban J connectivity index is 0.00000208. The number of nitrogens with zero attached hydrogens (tertiary/aromatic N) is 1. The Labute approximate surface area is 148 Å². The molecule has 0 aromatic carbocycles. The molecular weight excluding hydrogens is 330 g/mol. The summed E-state index contributed by atoms with van der Waals surface area (Å²) in [5, 5.41) is 6.26. The molecule has 6 nitrogen and oxygen atoms in total. The van der Waals surface area contributed by atoms with Crippen LogP contribution in [0.25, 0.3) is 0 Å². The van der Waals surface area contributed by atoms with E-state index in [9.17, 15) is 9.59 Å². The summed E-state index contributed by atoms with van der Waals surface area (Å²) in [6.45, 7) is 5.72. The highest BCUT2D eigenvalue weighted by Crippen LogP contribution is 2.29. The summed E-state index contributed by atoms with van der Waals surface area (Å²) >= 11 is 0. The highest BCUT2D eigenvalue weighted by molar-refractivity contribution is 5.95. The lowest BCUT2D eigenvalue weighted by Crippen LogP contribution is -2.55. The second-order valence-corrected chi connectivity index (χ2v) is 6.80. The zero-order valence-electron chi connectivity index (χ0n) is 14.2. The monoisotopic (exact) mass is 355 g/mol. The van der Waals surface area contributed by atoms with Crippen LogP contribution in [-0.4, -0.2) is 47.9 Å². The second kappa shape index (κ2) is 8.03. The molecular formula is C17H26ClN3O3. The van der Waals surface area contributed by atoms with Gasteiger partial charge in [-0.2, -0.15) is 0 Å². The van der Waals surface area contributed by atoms with Gasteiger partial charge in [-0.15, -0.1) is 12.4 Å². The highest BCUT2D eigenvalue weighted by atomic mass is 35.5. The second-order valence-electron chi connectivity index (χ2n) is 6.80. The molecule has 3 rings (SSSR count). The van der Waals surface area contributed by atoms with Gasteiger partial charge in [-0.25, -0.2) is 0 Å². The fraction of sp³-hybridized carbons (Fsp3) is 0.647. The molecule has 0 radical (unpaired) electrons. The molecule has 2 N–H and O–H groups in total. The maximum Gasteiger partial charge on any atom is 0.287 e. The molecule has 2 bridgehead atoms. The number of carbonyl (C=O) groups is 2. The van der Waals surface area contributed by atoms with E-state index < -0.39 is 6.04 Å². The van der Waals surface area contributed by atoms with Crippen molar-refractivity contribution in [3.63, 3.8) is 0 Å². The maximum atomic E-state index is 13.1. The van der Waals surface area contributed by atoms with Crippen LogP contribution in [-0.2, 0) is 4.79 Å². The van der Waals surface area contributed by atoms with Gasteiger partial charge in [0.05, 0.1) is 6.26 Å². The van der Waals surface area contributed by atoms with E-state index in [4.69, 9.17) is 4.42 Å². The average molecular weight is 356 g/mol. The van der Waals surface area contributed by atoms with Gasteiger partial charge in [0, 0.05) is 18.6 Å². The fourth-order valence-corrected chi connectivity index (χ4v) is 3.64. The molecule has 24 heavy (non-hydrogen) atoms. The molecule has 1 aromatic rings. The maximum absolute atomic E-state index is 13.1. The Bertz CT molecular complexity index is 547. The van der Waals surface area contributed by atoms with Crippen molar-refractivity contribution >= 4 is 24.2 Å². The molecule has 7 heteroatoms. The number of fused-ring (bicyclic) bond motifs is 2. The predicted octanol–water partition coefficient (Wildman–Crippen LogP) is 1.81. The minimum absolute atomic E-state index is 0. The number of hydrogen-bond acceptors (Lipinski definition) is 4. The van der Waals surface area contributed by atoms with Crippen LogP contribution in [0.4, 0.5) is 0 Å². The number of halogens is 1. The lowest BCUT2D eigenvalue weighted by atomic mass is 10.0. The Morgan fingerprint density at radius 1 is 1.29 bits per heavy atom. The molecule has 2 amide bonds. The van der Waals surface area contributed by atoms with E-state index in [2.05, 4.69) is 10.6 Å². The topological polar surface area (TPSA) is 74.6 Å². The van der Waals surface area contributed by atoms with Crippen LogP contribution in [0.1, 0.15) is 43.7 Å².